The molecule has 1 N–H and O–H groups in total. The van der Waals surface area contributed by atoms with Crippen LogP contribution in [-0.2, 0) is 16.0 Å². The topological polar surface area (TPSA) is 49.4 Å². The molecule has 1 aliphatic heterocycles. The Balaban J connectivity index is 1.68. The van der Waals surface area contributed by atoms with E-state index in [0.717, 1.165) is 11.6 Å². The molecule has 0 radical (unpaired) electrons. The van der Waals surface area contributed by atoms with Gasteiger partial charge in [0.05, 0.1) is 12.0 Å². The number of nitrogens with one attached hydrogen (secondary N) is 1. The summed E-state index contributed by atoms with van der Waals surface area (Å²) in [6, 6.07) is 9.96. The summed E-state index contributed by atoms with van der Waals surface area (Å²) in [5.74, 6) is -2.24. The molecule has 2 unspecified atom stereocenters. The first-order valence-corrected chi connectivity index (χ1v) is 8.97. The predicted molar refractivity (Wildman–Crippen MR) is 98.1 cm³/mol. The highest BCUT2D eigenvalue weighted by molar-refractivity contribution is 6.30. The lowest BCUT2D eigenvalue weighted by molar-refractivity contribution is -0.128. The summed E-state index contributed by atoms with van der Waals surface area (Å²) in [6.45, 7) is 0.221. The van der Waals surface area contributed by atoms with Gasteiger partial charge in [0.2, 0.25) is 11.8 Å². The molecule has 142 valence electrons. The van der Waals surface area contributed by atoms with Crippen LogP contribution in [0.3, 0.4) is 0 Å². The molecule has 0 aromatic heterocycles. The first-order chi connectivity index (χ1) is 12.8. The molecule has 0 aliphatic carbocycles. The Labute approximate surface area is 161 Å². The zero-order valence-electron chi connectivity index (χ0n) is 14.7. The van der Waals surface area contributed by atoms with E-state index in [-0.39, 0.29) is 24.8 Å². The molecule has 1 heterocycles. The number of carbonyl (C=O) groups is 2. The second kappa shape index (κ2) is 8.05. The third-order valence-electron chi connectivity index (χ3n) is 4.75. The maximum absolute atomic E-state index is 13.2. The van der Waals surface area contributed by atoms with Gasteiger partial charge in [-0.2, -0.15) is 0 Å². The lowest BCUT2D eigenvalue weighted by Crippen LogP contribution is -2.35. The average molecular weight is 393 g/mol. The summed E-state index contributed by atoms with van der Waals surface area (Å²) < 4.78 is 26.5. The fraction of sp³-hybridized carbons (Fsp3) is 0.300. The smallest absolute Gasteiger partial charge is 0.226 e. The van der Waals surface area contributed by atoms with E-state index in [1.165, 1.54) is 12.1 Å². The first-order valence-electron chi connectivity index (χ1n) is 8.59. The van der Waals surface area contributed by atoms with E-state index < -0.39 is 23.6 Å². The highest BCUT2D eigenvalue weighted by Gasteiger charge is 2.42. The van der Waals surface area contributed by atoms with Gasteiger partial charge in [-0.1, -0.05) is 23.7 Å². The third kappa shape index (κ3) is 4.45. The second-order valence-electron chi connectivity index (χ2n) is 6.63. The lowest BCUT2D eigenvalue weighted by atomic mass is 9.93. The number of halogens is 3. The maximum Gasteiger partial charge on any atom is 0.226 e. The standard InChI is InChI=1S/C20H19ClF2N2O2/c1-25-18(26)11-17(19(25)13-3-2-4-14(21)9-13)20(27)24-6-5-12-7-15(22)10-16(23)8-12/h2-4,7-10,17,19H,5-6,11H2,1H3,(H,24,27). The fourth-order valence-corrected chi connectivity index (χ4v) is 3.67. The van der Waals surface area contributed by atoms with Crippen molar-refractivity contribution >= 4 is 23.4 Å². The SMILES string of the molecule is CN1C(=O)CC(C(=O)NCCc2cc(F)cc(F)c2)C1c1cccc(Cl)c1. The van der Waals surface area contributed by atoms with Crippen molar-refractivity contribution < 1.29 is 18.4 Å². The van der Waals surface area contributed by atoms with Crippen molar-refractivity contribution in [1.82, 2.24) is 10.2 Å². The highest BCUT2D eigenvalue weighted by Crippen LogP contribution is 2.37. The Kier molecular flexibility index (Phi) is 5.75. The number of amides is 2. The van der Waals surface area contributed by atoms with Crippen LogP contribution < -0.4 is 5.32 Å². The summed E-state index contributed by atoms with van der Waals surface area (Å²) in [4.78, 5) is 26.4. The number of nitrogens with zero attached hydrogens (tertiary/aromatic N) is 1. The number of benzene rings is 2. The minimum atomic E-state index is -0.652. The molecule has 1 saturated heterocycles. The van der Waals surface area contributed by atoms with Crippen LogP contribution >= 0.6 is 11.6 Å². The molecule has 27 heavy (non-hydrogen) atoms. The Morgan fingerprint density at radius 2 is 1.93 bits per heavy atom. The van der Waals surface area contributed by atoms with Gasteiger partial charge in [0.1, 0.15) is 11.6 Å². The van der Waals surface area contributed by atoms with Crippen LogP contribution in [0.25, 0.3) is 0 Å². The summed E-state index contributed by atoms with van der Waals surface area (Å²) in [7, 11) is 1.66. The van der Waals surface area contributed by atoms with E-state index in [0.29, 0.717) is 17.0 Å². The molecule has 0 spiro atoms. The number of hydrogen-bond donors (Lipinski definition) is 1. The molecular weight excluding hydrogens is 374 g/mol. The normalized spacial score (nSPS) is 19.4. The highest BCUT2D eigenvalue weighted by atomic mass is 35.5. The minimum absolute atomic E-state index is 0.105. The zero-order chi connectivity index (χ0) is 19.6. The number of hydrogen-bond acceptors (Lipinski definition) is 2. The molecule has 3 rings (SSSR count). The number of rotatable bonds is 5. The van der Waals surface area contributed by atoms with Crippen LogP contribution in [0.2, 0.25) is 5.02 Å². The van der Waals surface area contributed by atoms with E-state index in [4.69, 9.17) is 11.6 Å². The minimum Gasteiger partial charge on any atom is -0.355 e. The van der Waals surface area contributed by atoms with Gasteiger partial charge < -0.3 is 10.2 Å². The van der Waals surface area contributed by atoms with Gasteiger partial charge in [-0.15, -0.1) is 0 Å². The van der Waals surface area contributed by atoms with E-state index >= 15 is 0 Å². The van der Waals surface area contributed by atoms with Crippen molar-refractivity contribution in [3.8, 4) is 0 Å². The molecule has 7 heteroatoms. The molecule has 2 atom stereocenters. The quantitative estimate of drug-likeness (QED) is 0.846. The van der Waals surface area contributed by atoms with Crippen LogP contribution in [0.15, 0.2) is 42.5 Å². The van der Waals surface area contributed by atoms with Crippen molar-refractivity contribution in [1.29, 1.82) is 0 Å². The van der Waals surface area contributed by atoms with E-state index in [1.54, 1.807) is 30.1 Å². The van der Waals surface area contributed by atoms with Gasteiger partial charge >= 0.3 is 0 Å². The van der Waals surface area contributed by atoms with Crippen molar-refractivity contribution in [3.63, 3.8) is 0 Å². The Morgan fingerprint density at radius 1 is 1.22 bits per heavy atom. The van der Waals surface area contributed by atoms with Crippen LogP contribution in [0, 0.1) is 17.6 Å². The third-order valence-corrected chi connectivity index (χ3v) is 4.98. The Bertz CT molecular complexity index is 855. The van der Waals surface area contributed by atoms with Gasteiger partial charge in [-0.3, -0.25) is 9.59 Å². The fourth-order valence-electron chi connectivity index (χ4n) is 3.47. The molecule has 1 aliphatic rings. The Hall–Kier alpha value is -2.47. The largest absolute Gasteiger partial charge is 0.355 e. The lowest BCUT2D eigenvalue weighted by Gasteiger charge is -2.25. The van der Waals surface area contributed by atoms with Crippen molar-refractivity contribution in [2.24, 2.45) is 5.92 Å². The predicted octanol–water partition coefficient (Wildman–Crippen LogP) is 3.50. The van der Waals surface area contributed by atoms with E-state index in [9.17, 15) is 18.4 Å². The van der Waals surface area contributed by atoms with Gasteiger partial charge in [0.15, 0.2) is 0 Å². The molecule has 4 nitrogen and oxygen atoms in total. The molecule has 2 amide bonds. The summed E-state index contributed by atoms with van der Waals surface area (Å²) >= 11 is 6.05. The van der Waals surface area contributed by atoms with Crippen molar-refractivity contribution in [3.05, 3.63) is 70.2 Å². The molecule has 0 saturated carbocycles. The van der Waals surface area contributed by atoms with Crippen LogP contribution in [0.4, 0.5) is 8.78 Å². The average Bonchev–Trinajstić information content (AvgIpc) is 2.89. The van der Waals surface area contributed by atoms with Crippen LogP contribution in [0.5, 0.6) is 0 Å². The molecule has 1 fully saturated rings. The summed E-state index contributed by atoms with van der Waals surface area (Å²) in [5, 5.41) is 3.31. The number of carbonyl (C=O) groups excluding carboxylic acids is 2. The summed E-state index contributed by atoms with van der Waals surface area (Å²) in [6.07, 6.45) is 0.396. The summed E-state index contributed by atoms with van der Waals surface area (Å²) in [5.41, 5.74) is 1.25. The Morgan fingerprint density at radius 3 is 2.59 bits per heavy atom. The van der Waals surface area contributed by atoms with Gasteiger partial charge in [0, 0.05) is 31.1 Å². The van der Waals surface area contributed by atoms with Gasteiger partial charge in [0.25, 0.3) is 0 Å². The molecule has 2 aromatic rings. The monoisotopic (exact) mass is 392 g/mol. The zero-order valence-corrected chi connectivity index (χ0v) is 15.5. The maximum atomic E-state index is 13.2. The van der Waals surface area contributed by atoms with E-state index in [1.807, 2.05) is 6.07 Å². The number of likely N-dealkylation sites (tertiary alicyclic amines) is 1. The molecule has 0 bridgehead atoms. The van der Waals surface area contributed by atoms with Gasteiger partial charge in [-0.25, -0.2) is 8.78 Å². The van der Waals surface area contributed by atoms with Crippen LogP contribution in [0.1, 0.15) is 23.6 Å². The molecular formula is C20H19ClF2N2O2. The van der Waals surface area contributed by atoms with Crippen LogP contribution in [-0.4, -0.2) is 30.3 Å². The molecule has 2 aromatic carbocycles. The van der Waals surface area contributed by atoms with Gasteiger partial charge in [-0.05, 0) is 41.8 Å². The van der Waals surface area contributed by atoms with Crippen molar-refractivity contribution in [2.75, 3.05) is 13.6 Å². The second-order valence-corrected chi connectivity index (χ2v) is 7.07. The van der Waals surface area contributed by atoms with Crippen molar-refractivity contribution in [2.45, 2.75) is 18.9 Å². The van der Waals surface area contributed by atoms with E-state index in [2.05, 4.69) is 5.32 Å². The first kappa shape index (κ1) is 19.3.